The fraction of sp³-hybridized carbons (Fsp3) is 0.818. The summed E-state index contributed by atoms with van der Waals surface area (Å²) in [6.07, 6.45) is 13.1. The van der Waals surface area contributed by atoms with Gasteiger partial charge in [0.25, 0.3) is 0 Å². The molecule has 0 aromatic rings. The predicted molar refractivity (Wildman–Crippen MR) is 150 cm³/mol. The Labute approximate surface area is 230 Å². The molecule has 5 heteroatoms. The molecule has 1 heterocycles. The number of nitrogens with one attached hydrogen (secondary N) is 1. The summed E-state index contributed by atoms with van der Waals surface area (Å²) in [6.45, 7) is 16.3. The minimum absolute atomic E-state index is 0.0486. The van der Waals surface area contributed by atoms with Crippen molar-refractivity contribution >= 4 is 11.9 Å². The number of carbonyl (C=O) groups excluding carboxylic acids is 2. The molecule has 0 aromatic carbocycles. The zero-order valence-corrected chi connectivity index (χ0v) is 25.0. The average Bonchev–Trinajstić information content (AvgIpc) is 3.27. The molecule has 1 aliphatic heterocycles. The van der Waals surface area contributed by atoms with Crippen LogP contribution in [0.5, 0.6) is 0 Å². The van der Waals surface area contributed by atoms with Gasteiger partial charge in [0.05, 0.1) is 5.76 Å². The SMILES string of the molecule is CCC(=O)O[C@H]1CC[C@@]2(C)C(=CC[C@H]3[C@@H]4C[C@]5(C)OC(CC[C@@H](C)CNC(C)=O)=C(C)[C@@H]5[C@@]4(C)CC[C@@H]32)C1. The Morgan fingerprint density at radius 2 is 1.95 bits per heavy atom. The molecule has 5 nitrogen and oxygen atoms in total. The second kappa shape index (κ2) is 10.0. The van der Waals surface area contributed by atoms with E-state index in [0.717, 1.165) is 56.9 Å². The summed E-state index contributed by atoms with van der Waals surface area (Å²) in [5.74, 6) is 4.30. The molecule has 5 rings (SSSR count). The van der Waals surface area contributed by atoms with Crippen molar-refractivity contribution in [2.24, 2.45) is 40.4 Å². The summed E-state index contributed by atoms with van der Waals surface area (Å²) in [6, 6.07) is 0. The molecule has 5 aliphatic rings. The van der Waals surface area contributed by atoms with Gasteiger partial charge in [-0.05, 0) is 98.9 Å². The molecule has 1 amide bonds. The van der Waals surface area contributed by atoms with Gasteiger partial charge in [0.2, 0.25) is 5.91 Å². The quantitative estimate of drug-likeness (QED) is 0.284. The number of allylic oxidation sites excluding steroid dienone is 2. The summed E-state index contributed by atoms with van der Waals surface area (Å²) in [7, 11) is 0. The van der Waals surface area contributed by atoms with Crippen molar-refractivity contribution < 1.29 is 19.1 Å². The van der Waals surface area contributed by atoms with E-state index in [1.807, 2.05) is 6.92 Å². The second-order valence-corrected chi connectivity index (χ2v) is 14.3. The molecular weight excluding hydrogens is 474 g/mol. The van der Waals surface area contributed by atoms with Crippen molar-refractivity contribution in [3.63, 3.8) is 0 Å². The molecule has 38 heavy (non-hydrogen) atoms. The summed E-state index contributed by atoms with van der Waals surface area (Å²) < 4.78 is 12.7. The summed E-state index contributed by atoms with van der Waals surface area (Å²) in [5.41, 5.74) is 3.51. The van der Waals surface area contributed by atoms with E-state index in [2.05, 4.69) is 46.0 Å². The van der Waals surface area contributed by atoms with Crippen molar-refractivity contribution in [1.82, 2.24) is 5.32 Å². The monoisotopic (exact) mass is 525 g/mol. The second-order valence-electron chi connectivity index (χ2n) is 14.3. The van der Waals surface area contributed by atoms with Crippen LogP contribution >= 0.6 is 0 Å². The van der Waals surface area contributed by atoms with E-state index in [0.29, 0.717) is 29.6 Å². The number of esters is 1. The zero-order chi connectivity index (χ0) is 27.5. The first-order chi connectivity index (χ1) is 17.9. The van der Waals surface area contributed by atoms with E-state index in [1.54, 1.807) is 12.5 Å². The minimum atomic E-state index is -0.0918. The van der Waals surface area contributed by atoms with Gasteiger partial charge in [-0.15, -0.1) is 0 Å². The molecule has 3 saturated carbocycles. The van der Waals surface area contributed by atoms with Crippen LogP contribution in [0.25, 0.3) is 0 Å². The third kappa shape index (κ3) is 4.54. The van der Waals surface area contributed by atoms with Gasteiger partial charge in [-0.2, -0.15) is 0 Å². The normalized spacial score (nSPS) is 42.2. The Morgan fingerprint density at radius 1 is 1.18 bits per heavy atom. The predicted octanol–water partition coefficient (Wildman–Crippen LogP) is 7.11. The van der Waals surface area contributed by atoms with Gasteiger partial charge in [-0.1, -0.05) is 39.3 Å². The highest BCUT2D eigenvalue weighted by molar-refractivity contribution is 5.72. The molecule has 0 bridgehead atoms. The van der Waals surface area contributed by atoms with Crippen LogP contribution in [0, 0.1) is 40.4 Å². The molecule has 0 saturated heterocycles. The minimum Gasteiger partial charge on any atom is -0.491 e. The number of carbonyl (C=O) groups is 2. The van der Waals surface area contributed by atoms with Crippen LogP contribution in [0.1, 0.15) is 113 Å². The van der Waals surface area contributed by atoms with Gasteiger partial charge in [0, 0.05) is 38.6 Å². The van der Waals surface area contributed by atoms with Crippen LogP contribution in [-0.2, 0) is 19.1 Å². The molecule has 0 spiro atoms. The van der Waals surface area contributed by atoms with E-state index in [-0.39, 0.29) is 29.0 Å². The zero-order valence-electron chi connectivity index (χ0n) is 25.0. The van der Waals surface area contributed by atoms with Crippen LogP contribution in [0.15, 0.2) is 23.0 Å². The summed E-state index contributed by atoms with van der Waals surface area (Å²) in [5, 5.41) is 2.96. The third-order valence-corrected chi connectivity index (χ3v) is 11.8. The standard InChI is InChI=1S/C33H51NO4/c1-8-29(36)37-24-13-15-31(5)23(17-24)10-11-25-26(31)14-16-32(6)27(25)18-33(7)30(32)21(3)28(38-33)12-9-20(2)19-34-22(4)35/h10,20,24-27,30H,8-9,11-19H2,1-7H3,(H,34,35)/t20-,24+,25-,26+,27+,30-,31+,32+,33+/m1/s1. The maximum absolute atomic E-state index is 11.9. The first-order valence-electron chi connectivity index (χ1n) is 15.4. The molecule has 0 unspecified atom stereocenters. The molecule has 9 atom stereocenters. The van der Waals surface area contributed by atoms with E-state index in [4.69, 9.17) is 9.47 Å². The molecular formula is C33H51NO4. The van der Waals surface area contributed by atoms with Crippen molar-refractivity contribution in [2.45, 2.75) is 124 Å². The first-order valence-corrected chi connectivity index (χ1v) is 15.4. The van der Waals surface area contributed by atoms with E-state index < -0.39 is 0 Å². The van der Waals surface area contributed by atoms with Gasteiger partial charge < -0.3 is 14.8 Å². The van der Waals surface area contributed by atoms with E-state index in [1.165, 1.54) is 30.6 Å². The van der Waals surface area contributed by atoms with Gasteiger partial charge in [0.1, 0.15) is 11.7 Å². The fourth-order valence-electron chi connectivity index (χ4n) is 9.96. The highest BCUT2D eigenvalue weighted by Crippen LogP contribution is 2.71. The highest BCUT2D eigenvalue weighted by Gasteiger charge is 2.67. The topological polar surface area (TPSA) is 64.6 Å². The molecule has 1 N–H and O–H groups in total. The maximum Gasteiger partial charge on any atom is 0.305 e. The van der Waals surface area contributed by atoms with Gasteiger partial charge in [0.15, 0.2) is 0 Å². The lowest BCUT2D eigenvalue weighted by molar-refractivity contribution is -0.151. The largest absolute Gasteiger partial charge is 0.491 e. The van der Waals surface area contributed by atoms with Gasteiger partial charge >= 0.3 is 5.97 Å². The maximum atomic E-state index is 11.9. The van der Waals surface area contributed by atoms with Crippen LogP contribution in [0.4, 0.5) is 0 Å². The number of hydrogen-bond donors (Lipinski definition) is 1. The van der Waals surface area contributed by atoms with Crippen LogP contribution in [-0.4, -0.2) is 30.1 Å². The van der Waals surface area contributed by atoms with Crippen LogP contribution in [0.3, 0.4) is 0 Å². The number of hydrogen-bond acceptors (Lipinski definition) is 4. The molecule has 0 aromatic heterocycles. The number of fused-ring (bicyclic) bond motifs is 7. The number of ether oxygens (including phenoxy) is 2. The van der Waals surface area contributed by atoms with Crippen LogP contribution < -0.4 is 5.32 Å². The lowest BCUT2D eigenvalue weighted by Gasteiger charge is -2.58. The Bertz CT molecular complexity index is 1030. The molecule has 4 aliphatic carbocycles. The smallest absolute Gasteiger partial charge is 0.305 e. The van der Waals surface area contributed by atoms with Crippen molar-refractivity contribution in [2.75, 3.05) is 6.54 Å². The first kappa shape index (κ1) is 27.8. The van der Waals surface area contributed by atoms with Crippen LogP contribution in [0.2, 0.25) is 0 Å². The number of amides is 1. The fourth-order valence-corrected chi connectivity index (χ4v) is 9.96. The van der Waals surface area contributed by atoms with E-state index in [9.17, 15) is 9.59 Å². The summed E-state index contributed by atoms with van der Waals surface area (Å²) in [4.78, 5) is 23.2. The molecule has 3 fully saturated rings. The van der Waals surface area contributed by atoms with Gasteiger partial charge in [-0.25, -0.2) is 0 Å². The Hall–Kier alpha value is -1.78. The molecule has 212 valence electrons. The van der Waals surface area contributed by atoms with Crippen molar-refractivity contribution in [1.29, 1.82) is 0 Å². The average molecular weight is 526 g/mol. The lowest BCUT2D eigenvalue weighted by atomic mass is 9.47. The van der Waals surface area contributed by atoms with E-state index >= 15 is 0 Å². The Morgan fingerprint density at radius 3 is 2.66 bits per heavy atom. The van der Waals surface area contributed by atoms with Crippen molar-refractivity contribution in [3.8, 4) is 0 Å². The Balaban J connectivity index is 1.31. The number of rotatable bonds is 7. The summed E-state index contributed by atoms with van der Waals surface area (Å²) >= 11 is 0. The van der Waals surface area contributed by atoms with Gasteiger partial charge in [-0.3, -0.25) is 9.59 Å². The Kier molecular flexibility index (Phi) is 7.31. The lowest BCUT2D eigenvalue weighted by Crippen LogP contribution is -2.50. The third-order valence-electron chi connectivity index (χ3n) is 11.8. The van der Waals surface area contributed by atoms with Crippen molar-refractivity contribution in [3.05, 3.63) is 23.0 Å². The highest BCUT2D eigenvalue weighted by atomic mass is 16.5. The molecule has 0 radical (unpaired) electrons.